The van der Waals surface area contributed by atoms with Crippen molar-refractivity contribution in [3.05, 3.63) is 45.7 Å². The van der Waals surface area contributed by atoms with Gasteiger partial charge in [0.05, 0.1) is 13.7 Å². The van der Waals surface area contributed by atoms with Gasteiger partial charge in [-0.05, 0) is 79.6 Å². The lowest BCUT2D eigenvalue weighted by Gasteiger charge is -2.37. The quantitative estimate of drug-likeness (QED) is 0.0869. The SMILES string of the molecule is COC(=O)C[C@H]1CC[C@H](c2ccc(N(CCO[Si](C)(C)C(C)(C)C)C(=O)c3c(Cl)nc(SC)nc3Cl)cc2)CC1. The second-order valence-corrected chi connectivity index (χ2v) is 18.1. The van der Waals surface area contributed by atoms with Gasteiger partial charge in [0.15, 0.2) is 13.5 Å². The fourth-order valence-electron chi connectivity index (χ4n) is 4.69. The van der Waals surface area contributed by atoms with Crippen molar-refractivity contribution < 1.29 is 18.8 Å². The third-order valence-corrected chi connectivity index (χ3v) is 13.9. The van der Waals surface area contributed by atoms with Crippen molar-refractivity contribution in [3.63, 3.8) is 0 Å². The molecule has 0 unspecified atom stereocenters. The zero-order valence-electron chi connectivity index (χ0n) is 24.6. The number of benzene rings is 1. The number of amides is 1. The Balaban J connectivity index is 1.82. The predicted octanol–water partition coefficient (Wildman–Crippen LogP) is 8.01. The van der Waals surface area contributed by atoms with E-state index in [9.17, 15) is 9.59 Å². The zero-order valence-corrected chi connectivity index (χ0v) is 27.9. The summed E-state index contributed by atoms with van der Waals surface area (Å²) in [6, 6.07) is 8.12. The lowest BCUT2D eigenvalue weighted by molar-refractivity contribution is -0.142. The van der Waals surface area contributed by atoms with Crippen LogP contribution in [-0.4, -0.2) is 56.7 Å². The minimum absolute atomic E-state index is 0.0324. The summed E-state index contributed by atoms with van der Waals surface area (Å²) >= 11 is 14.2. The summed E-state index contributed by atoms with van der Waals surface area (Å²) in [4.78, 5) is 35.6. The van der Waals surface area contributed by atoms with Crippen LogP contribution in [0.5, 0.6) is 0 Å². The molecular formula is C29H41Cl2N3O4SSi. The third kappa shape index (κ3) is 8.22. The highest BCUT2D eigenvalue weighted by molar-refractivity contribution is 7.98. The zero-order chi connectivity index (χ0) is 29.7. The molecule has 0 saturated heterocycles. The van der Waals surface area contributed by atoms with E-state index in [0.29, 0.717) is 36.6 Å². The Hall–Kier alpha value is -1.65. The normalized spacial score (nSPS) is 17.9. The molecule has 1 aromatic heterocycles. The number of ether oxygens (including phenoxy) is 1. The molecule has 7 nitrogen and oxygen atoms in total. The molecule has 11 heteroatoms. The van der Waals surface area contributed by atoms with Gasteiger partial charge in [0.1, 0.15) is 15.9 Å². The molecule has 1 heterocycles. The molecule has 0 aliphatic heterocycles. The van der Waals surface area contributed by atoms with Gasteiger partial charge in [0, 0.05) is 18.7 Å². The third-order valence-electron chi connectivity index (χ3n) is 8.23. The molecule has 3 rings (SSSR count). The second kappa shape index (κ2) is 14.0. The van der Waals surface area contributed by atoms with Crippen molar-refractivity contribution in [2.24, 2.45) is 5.92 Å². The molecular weight excluding hydrogens is 585 g/mol. The molecule has 0 bridgehead atoms. The summed E-state index contributed by atoms with van der Waals surface area (Å²) in [7, 11) is -0.576. The molecule has 0 atom stereocenters. The number of methoxy groups -OCH3 is 1. The first-order chi connectivity index (χ1) is 18.8. The summed E-state index contributed by atoms with van der Waals surface area (Å²) in [6.07, 6.45) is 6.35. The van der Waals surface area contributed by atoms with Gasteiger partial charge in [-0.2, -0.15) is 0 Å². The maximum atomic E-state index is 13.9. The van der Waals surface area contributed by atoms with Crippen molar-refractivity contribution in [1.82, 2.24) is 9.97 Å². The Labute approximate surface area is 253 Å². The van der Waals surface area contributed by atoms with E-state index in [4.69, 9.17) is 32.4 Å². The molecule has 220 valence electrons. The molecule has 2 aromatic rings. The van der Waals surface area contributed by atoms with Crippen molar-refractivity contribution >= 4 is 60.8 Å². The molecule has 1 aromatic carbocycles. The van der Waals surface area contributed by atoms with Crippen LogP contribution in [0.4, 0.5) is 5.69 Å². The van der Waals surface area contributed by atoms with Gasteiger partial charge in [-0.25, -0.2) is 9.97 Å². The van der Waals surface area contributed by atoms with Crippen molar-refractivity contribution in [3.8, 4) is 0 Å². The largest absolute Gasteiger partial charge is 0.469 e. The predicted molar refractivity (Wildman–Crippen MR) is 166 cm³/mol. The van der Waals surface area contributed by atoms with Gasteiger partial charge in [-0.1, -0.05) is 67.9 Å². The lowest BCUT2D eigenvalue weighted by Crippen LogP contribution is -2.43. The van der Waals surface area contributed by atoms with Gasteiger partial charge in [-0.15, -0.1) is 0 Å². The van der Waals surface area contributed by atoms with E-state index < -0.39 is 8.32 Å². The number of carbonyl (C=O) groups is 2. The second-order valence-electron chi connectivity index (χ2n) is 11.8. The molecule has 0 N–H and O–H groups in total. The molecule has 0 spiro atoms. The number of anilines is 1. The summed E-state index contributed by atoms with van der Waals surface area (Å²) < 4.78 is 11.2. The topological polar surface area (TPSA) is 81.6 Å². The van der Waals surface area contributed by atoms with Gasteiger partial charge < -0.3 is 14.1 Å². The van der Waals surface area contributed by atoms with Crippen LogP contribution in [-0.2, 0) is 14.0 Å². The lowest BCUT2D eigenvalue weighted by atomic mass is 9.77. The van der Waals surface area contributed by atoms with Crippen LogP contribution < -0.4 is 4.90 Å². The number of thioether (sulfide) groups is 1. The van der Waals surface area contributed by atoms with E-state index in [1.165, 1.54) is 24.4 Å². The van der Waals surface area contributed by atoms with Gasteiger partial charge in [0.2, 0.25) is 0 Å². The van der Waals surface area contributed by atoms with Gasteiger partial charge in [0.25, 0.3) is 5.91 Å². The number of carbonyl (C=O) groups excluding carboxylic acids is 2. The van der Waals surface area contributed by atoms with Crippen LogP contribution in [0.1, 0.15) is 74.7 Å². The summed E-state index contributed by atoms with van der Waals surface area (Å²) in [6.45, 7) is 11.7. The number of rotatable bonds is 10. The van der Waals surface area contributed by atoms with E-state index in [-0.39, 0.29) is 32.8 Å². The van der Waals surface area contributed by atoms with Crippen molar-refractivity contribution in [1.29, 1.82) is 0 Å². The van der Waals surface area contributed by atoms with E-state index >= 15 is 0 Å². The van der Waals surface area contributed by atoms with E-state index in [2.05, 4.69) is 56.0 Å². The van der Waals surface area contributed by atoms with E-state index in [1.807, 2.05) is 18.4 Å². The Kier molecular flexibility index (Phi) is 11.5. The first-order valence-corrected chi connectivity index (χ1v) is 18.6. The molecule has 40 heavy (non-hydrogen) atoms. The van der Waals surface area contributed by atoms with Crippen LogP contribution in [0.3, 0.4) is 0 Å². The summed E-state index contributed by atoms with van der Waals surface area (Å²) in [5.74, 6) is 0.304. The Bertz CT molecular complexity index is 1160. The molecule has 1 amide bonds. The first-order valence-electron chi connectivity index (χ1n) is 13.7. The standard InChI is InChI=1S/C29H41Cl2N3O4SSi/c1-29(2,3)40(6,7)38-17-16-34(27(36)24-25(30)32-28(39-5)33-26(24)31)22-14-12-21(13-15-22)20-10-8-19(9-11-20)18-23(35)37-4/h12-15,19-20H,8-11,16-18H2,1-7H3/t19-,20-. The highest BCUT2D eigenvalue weighted by Crippen LogP contribution is 2.39. The average Bonchev–Trinajstić information content (AvgIpc) is 2.90. The minimum Gasteiger partial charge on any atom is -0.469 e. The fourth-order valence-corrected chi connectivity index (χ4v) is 6.74. The molecule has 1 fully saturated rings. The number of aromatic nitrogens is 2. The van der Waals surface area contributed by atoms with Crippen LogP contribution in [0.2, 0.25) is 28.4 Å². The number of hydrogen-bond acceptors (Lipinski definition) is 7. The van der Waals surface area contributed by atoms with Crippen LogP contribution in [0, 0.1) is 5.92 Å². The van der Waals surface area contributed by atoms with Gasteiger partial charge in [-0.3, -0.25) is 9.59 Å². The van der Waals surface area contributed by atoms with Crippen LogP contribution in [0.25, 0.3) is 0 Å². The number of hydrogen-bond donors (Lipinski definition) is 0. The van der Waals surface area contributed by atoms with Crippen LogP contribution in [0.15, 0.2) is 29.4 Å². The maximum absolute atomic E-state index is 13.9. The smallest absolute Gasteiger partial charge is 0.305 e. The first kappa shape index (κ1) is 32.9. The maximum Gasteiger partial charge on any atom is 0.305 e. The van der Waals surface area contributed by atoms with E-state index in [1.54, 1.807) is 4.90 Å². The number of nitrogens with zero attached hydrogens (tertiary/aromatic N) is 3. The van der Waals surface area contributed by atoms with Crippen molar-refractivity contribution in [2.45, 2.75) is 82.1 Å². The molecule has 1 saturated carbocycles. The monoisotopic (exact) mass is 625 g/mol. The summed E-state index contributed by atoms with van der Waals surface area (Å²) in [5, 5.41) is 0.521. The Morgan fingerprint density at radius 1 is 1.05 bits per heavy atom. The number of esters is 1. The highest BCUT2D eigenvalue weighted by atomic mass is 35.5. The fraction of sp³-hybridized carbons (Fsp3) is 0.586. The summed E-state index contributed by atoms with van der Waals surface area (Å²) in [5.41, 5.74) is 2.04. The minimum atomic E-state index is -2.02. The van der Waals surface area contributed by atoms with Gasteiger partial charge >= 0.3 is 5.97 Å². The Morgan fingerprint density at radius 2 is 1.62 bits per heavy atom. The molecule has 1 aliphatic rings. The Morgan fingerprint density at radius 3 is 2.12 bits per heavy atom. The van der Waals surface area contributed by atoms with Crippen LogP contribution >= 0.6 is 35.0 Å². The molecule has 0 radical (unpaired) electrons. The highest BCUT2D eigenvalue weighted by Gasteiger charge is 2.37. The number of halogens is 2. The molecule has 1 aliphatic carbocycles. The average molecular weight is 627 g/mol. The van der Waals surface area contributed by atoms with Crippen molar-refractivity contribution in [2.75, 3.05) is 31.4 Å². The van der Waals surface area contributed by atoms with E-state index in [0.717, 1.165) is 31.4 Å².